The minimum absolute atomic E-state index is 0.109. The van der Waals surface area contributed by atoms with E-state index in [9.17, 15) is 4.79 Å². The average Bonchev–Trinajstić information content (AvgIpc) is 2.77. The number of aliphatic imine (C=N–C) groups is 1. The van der Waals surface area contributed by atoms with Gasteiger partial charge in [0.2, 0.25) is 0 Å². The Morgan fingerprint density at radius 1 is 1.00 bits per heavy atom. The van der Waals surface area contributed by atoms with E-state index in [1.54, 1.807) is 19.4 Å². The monoisotopic (exact) mass is 388 g/mol. The third-order valence-electron chi connectivity index (χ3n) is 4.31. The zero-order valence-electron chi connectivity index (χ0n) is 16.6. The minimum Gasteiger partial charge on any atom is -0.493 e. The lowest BCUT2D eigenvalue weighted by atomic mass is 10.1. The molecule has 3 aromatic rings. The van der Waals surface area contributed by atoms with Gasteiger partial charge in [-0.2, -0.15) is 0 Å². The van der Waals surface area contributed by atoms with E-state index in [2.05, 4.69) is 29.4 Å². The van der Waals surface area contributed by atoms with Crippen molar-refractivity contribution in [2.75, 3.05) is 19.0 Å². The van der Waals surface area contributed by atoms with Crippen molar-refractivity contribution in [2.45, 2.75) is 13.3 Å². The van der Waals surface area contributed by atoms with Crippen LogP contribution < -0.4 is 14.8 Å². The third-order valence-corrected chi connectivity index (χ3v) is 4.31. The second-order valence-electron chi connectivity index (χ2n) is 6.39. The van der Waals surface area contributed by atoms with Crippen molar-refractivity contribution in [3.8, 4) is 11.5 Å². The summed E-state index contributed by atoms with van der Waals surface area (Å²) in [5, 5.41) is 2.78. The molecular formula is C24H24N2O3. The molecule has 3 aromatic carbocycles. The number of amides is 1. The van der Waals surface area contributed by atoms with Crippen LogP contribution in [0.1, 0.15) is 18.1 Å². The predicted octanol–water partition coefficient (Wildman–Crippen LogP) is 5.03. The molecule has 1 amide bonds. The second-order valence-corrected chi connectivity index (χ2v) is 6.39. The first kappa shape index (κ1) is 20.1. The van der Waals surface area contributed by atoms with E-state index < -0.39 is 0 Å². The van der Waals surface area contributed by atoms with Gasteiger partial charge in [-0.15, -0.1) is 0 Å². The number of carbonyl (C=O) groups excluding carboxylic acids is 1. The first-order valence-corrected chi connectivity index (χ1v) is 9.46. The number of carbonyl (C=O) groups is 1. The summed E-state index contributed by atoms with van der Waals surface area (Å²) >= 11 is 0. The molecule has 0 unspecified atom stereocenters. The number of nitrogens with zero attached hydrogens (tertiary/aromatic N) is 1. The summed E-state index contributed by atoms with van der Waals surface area (Å²) in [7, 11) is 1.57. The Morgan fingerprint density at radius 2 is 1.76 bits per heavy atom. The van der Waals surface area contributed by atoms with Gasteiger partial charge in [-0.25, -0.2) is 0 Å². The first-order valence-electron chi connectivity index (χ1n) is 9.46. The molecule has 0 atom stereocenters. The smallest absolute Gasteiger partial charge is 0.262 e. The summed E-state index contributed by atoms with van der Waals surface area (Å²) in [5.74, 6) is 0.808. The number of hydrogen-bond acceptors (Lipinski definition) is 4. The molecule has 0 saturated heterocycles. The Bertz CT molecular complexity index is 967. The van der Waals surface area contributed by atoms with Crippen LogP contribution in [0.25, 0.3) is 0 Å². The van der Waals surface area contributed by atoms with E-state index >= 15 is 0 Å². The number of hydrogen-bond donors (Lipinski definition) is 1. The van der Waals surface area contributed by atoms with Gasteiger partial charge in [0.1, 0.15) is 0 Å². The van der Waals surface area contributed by atoms with Crippen LogP contribution in [0.3, 0.4) is 0 Å². The number of para-hydroxylation sites is 1. The molecule has 1 N–H and O–H groups in total. The normalized spacial score (nSPS) is 10.7. The molecule has 0 aliphatic rings. The van der Waals surface area contributed by atoms with Gasteiger partial charge in [0.05, 0.1) is 12.8 Å². The molecule has 5 heteroatoms. The highest BCUT2D eigenvalue weighted by Crippen LogP contribution is 2.28. The lowest BCUT2D eigenvalue weighted by molar-refractivity contribution is -0.118. The molecule has 0 saturated carbocycles. The summed E-state index contributed by atoms with van der Waals surface area (Å²) in [6.45, 7) is 2.02. The molecule has 0 aliphatic carbocycles. The molecule has 5 nitrogen and oxygen atoms in total. The van der Waals surface area contributed by atoms with Crippen LogP contribution in [0.5, 0.6) is 11.5 Å². The van der Waals surface area contributed by atoms with Crippen molar-refractivity contribution >= 4 is 23.5 Å². The fraction of sp³-hybridized carbons (Fsp3) is 0.167. The number of ether oxygens (including phenoxy) is 2. The molecule has 148 valence electrons. The van der Waals surface area contributed by atoms with E-state index in [1.807, 2.05) is 54.6 Å². The maximum absolute atomic E-state index is 12.1. The van der Waals surface area contributed by atoms with Crippen molar-refractivity contribution in [1.82, 2.24) is 0 Å². The van der Waals surface area contributed by atoms with Crippen LogP contribution in [0.2, 0.25) is 0 Å². The molecule has 29 heavy (non-hydrogen) atoms. The van der Waals surface area contributed by atoms with Gasteiger partial charge in [-0.3, -0.25) is 9.79 Å². The van der Waals surface area contributed by atoms with Gasteiger partial charge in [-0.1, -0.05) is 37.3 Å². The number of nitrogens with one attached hydrogen (secondary N) is 1. The van der Waals surface area contributed by atoms with E-state index in [0.717, 1.165) is 23.4 Å². The summed E-state index contributed by atoms with van der Waals surface area (Å²) < 4.78 is 11.0. The van der Waals surface area contributed by atoms with Crippen molar-refractivity contribution in [1.29, 1.82) is 0 Å². The Morgan fingerprint density at radius 3 is 2.45 bits per heavy atom. The number of aryl methyl sites for hydroxylation is 1. The third kappa shape index (κ3) is 5.94. The minimum atomic E-state index is -0.237. The molecule has 0 bridgehead atoms. The molecule has 0 aliphatic heterocycles. The van der Waals surface area contributed by atoms with Crippen LogP contribution in [-0.4, -0.2) is 25.8 Å². The Labute approximate surface area is 171 Å². The largest absolute Gasteiger partial charge is 0.493 e. The van der Waals surface area contributed by atoms with E-state index in [0.29, 0.717) is 11.5 Å². The van der Waals surface area contributed by atoms with Crippen LogP contribution >= 0.6 is 0 Å². The summed E-state index contributed by atoms with van der Waals surface area (Å²) in [4.78, 5) is 16.6. The molecule has 0 heterocycles. The van der Waals surface area contributed by atoms with Crippen LogP contribution in [0, 0.1) is 0 Å². The average molecular weight is 388 g/mol. The molecular weight excluding hydrogens is 364 g/mol. The quantitative estimate of drug-likeness (QED) is 0.551. The summed E-state index contributed by atoms with van der Waals surface area (Å²) in [6, 6.07) is 22.9. The summed E-state index contributed by atoms with van der Waals surface area (Å²) in [5.41, 5.74) is 3.77. The molecule has 0 aromatic heterocycles. The maximum Gasteiger partial charge on any atom is 0.262 e. The molecule has 0 spiro atoms. The van der Waals surface area contributed by atoms with Gasteiger partial charge in [0, 0.05) is 11.9 Å². The van der Waals surface area contributed by atoms with Gasteiger partial charge >= 0.3 is 0 Å². The van der Waals surface area contributed by atoms with Crippen LogP contribution in [-0.2, 0) is 11.2 Å². The van der Waals surface area contributed by atoms with Crippen molar-refractivity contribution in [3.05, 3.63) is 83.9 Å². The topological polar surface area (TPSA) is 59.9 Å². The fourth-order valence-corrected chi connectivity index (χ4v) is 2.71. The number of methoxy groups -OCH3 is 1. The SMILES string of the molecule is CCc1ccc(N=Cc2ccc(OCC(=O)Nc3ccccc3)c(OC)c2)cc1. The highest BCUT2D eigenvalue weighted by atomic mass is 16.5. The van der Waals surface area contributed by atoms with Crippen molar-refractivity contribution in [3.63, 3.8) is 0 Å². The number of rotatable bonds is 8. The Balaban J connectivity index is 1.62. The molecule has 0 fully saturated rings. The fourth-order valence-electron chi connectivity index (χ4n) is 2.71. The Hall–Kier alpha value is -3.60. The van der Waals surface area contributed by atoms with Gasteiger partial charge in [0.15, 0.2) is 18.1 Å². The molecule has 0 radical (unpaired) electrons. The van der Waals surface area contributed by atoms with E-state index in [-0.39, 0.29) is 12.5 Å². The predicted molar refractivity (Wildman–Crippen MR) is 117 cm³/mol. The number of anilines is 1. The van der Waals surface area contributed by atoms with Crippen molar-refractivity contribution in [2.24, 2.45) is 4.99 Å². The van der Waals surface area contributed by atoms with E-state index in [1.165, 1.54) is 5.56 Å². The zero-order valence-corrected chi connectivity index (χ0v) is 16.6. The standard InChI is InChI=1S/C24H24N2O3/c1-3-18-9-12-20(13-10-18)25-16-19-11-14-22(23(15-19)28-2)29-17-24(27)26-21-7-5-4-6-8-21/h4-16H,3,17H2,1-2H3,(H,26,27). The highest BCUT2D eigenvalue weighted by Gasteiger charge is 2.08. The van der Waals surface area contributed by atoms with Crippen LogP contribution in [0.4, 0.5) is 11.4 Å². The first-order chi connectivity index (χ1) is 14.2. The maximum atomic E-state index is 12.1. The van der Waals surface area contributed by atoms with E-state index in [4.69, 9.17) is 9.47 Å². The second kappa shape index (κ2) is 10.1. The Kier molecular flexibility index (Phi) is 7.00. The lowest BCUT2D eigenvalue weighted by Crippen LogP contribution is -2.20. The lowest BCUT2D eigenvalue weighted by Gasteiger charge is -2.11. The highest BCUT2D eigenvalue weighted by molar-refractivity contribution is 5.91. The number of benzene rings is 3. The van der Waals surface area contributed by atoms with Gasteiger partial charge in [0.25, 0.3) is 5.91 Å². The molecule has 3 rings (SSSR count). The van der Waals surface area contributed by atoms with Crippen molar-refractivity contribution < 1.29 is 14.3 Å². The zero-order chi connectivity index (χ0) is 20.5. The van der Waals surface area contributed by atoms with Crippen LogP contribution in [0.15, 0.2) is 77.8 Å². The van der Waals surface area contributed by atoms with Gasteiger partial charge < -0.3 is 14.8 Å². The summed E-state index contributed by atoms with van der Waals surface area (Å²) in [6.07, 6.45) is 2.78. The van der Waals surface area contributed by atoms with Gasteiger partial charge in [-0.05, 0) is 60.0 Å².